The number of nitro benzene ring substituents is 1. The summed E-state index contributed by atoms with van der Waals surface area (Å²) in [5, 5.41) is 16.7. The highest BCUT2D eigenvalue weighted by Gasteiger charge is 2.25. The highest BCUT2D eigenvalue weighted by molar-refractivity contribution is 7.99. The maximum atomic E-state index is 12.0. The number of carbonyl (C=O) groups is 1. The van der Waals surface area contributed by atoms with E-state index < -0.39 is 4.92 Å². The molecule has 0 aromatic heterocycles. The number of nitrogens with zero attached hydrogens (tertiary/aromatic N) is 1. The first-order chi connectivity index (χ1) is 8.99. The standard InChI is InChI=1S/C12H15N3O3S/c1-7-3-9(11(15(17)18)4-8(7)2)14-12(16)10-5-19-6-13-10/h3-4,10,13H,5-6H2,1-2H3,(H,14,16). The second kappa shape index (κ2) is 5.58. The van der Waals surface area contributed by atoms with Gasteiger partial charge in [-0.3, -0.25) is 20.2 Å². The Hall–Kier alpha value is -1.60. The van der Waals surface area contributed by atoms with E-state index in [1.165, 1.54) is 6.07 Å². The van der Waals surface area contributed by atoms with E-state index in [9.17, 15) is 14.9 Å². The van der Waals surface area contributed by atoms with Crippen LogP contribution in [0.15, 0.2) is 12.1 Å². The lowest BCUT2D eigenvalue weighted by Gasteiger charge is -2.12. The minimum absolute atomic E-state index is 0.0675. The normalized spacial score (nSPS) is 18.3. The predicted octanol–water partition coefficient (Wildman–Crippen LogP) is 1.81. The van der Waals surface area contributed by atoms with Gasteiger partial charge in [-0.2, -0.15) is 0 Å². The second-order valence-electron chi connectivity index (χ2n) is 4.47. The fourth-order valence-corrected chi connectivity index (χ4v) is 2.78. The van der Waals surface area contributed by atoms with Gasteiger partial charge in [0, 0.05) is 17.7 Å². The van der Waals surface area contributed by atoms with Crippen molar-refractivity contribution in [2.45, 2.75) is 19.9 Å². The average molecular weight is 281 g/mol. The van der Waals surface area contributed by atoms with Gasteiger partial charge in [0.25, 0.3) is 5.69 Å². The maximum Gasteiger partial charge on any atom is 0.293 e. The number of nitro groups is 1. The lowest BCUT2D eigenvalue weighted by Crippen LogP contribution is -2.37. The number of benzene rings is 1. The molecule has 102 valence electrons. The van der Waals surface area contributed by atoms with Crippen LogP contribution in [0.3, 0.4) is 0 Å². The number of amides is 1. The largest absolute Gasteiger partial charge is 0.319 e. The van der Waals surface area contributed by atoms with Gasteiger partial charge >= 0.3 is 0 Å². The van der Waals surface area contributed by atoms with E-state index in [0.29, 0.717) is 5.75 Å². The van der Waals surface area contributed by atoms with Crippen LogP contribution in [-0.2, 0) is 4.79 Å². The van der Waals surface area contributed by atoms with Crippen LogP contribution in [0.2, 0.25) is 0 Å². The van der Waals surface area contributed by atoms with Crippen LogP contribution in [0.25, 0.3) is 0 Å². The van der Waals surface area contributed by atoms with E-state index in [2.05, 4.69) is 10.6 Å². The Morgan fingerprint density at radius 2 is 2.16 bits per heavy atom. The van der Waals surface area contributed by atoms with Gasteiger partial charge in [-0.1, -0.05) is 0 Å². The molecule has 1 aromatic carbocycles. The monoisotopic (exact) mass is 281 g/mol. The highest BCUT2D eigenvalue weighted by Crippen LogP contribution is 2.28. The number of anilines is 1. The molecular formula is C12H15N3O3S. The van der Waals surface area contributed by atoms with Gasteiger partial charge < -0.3 is 5.32 Å². The quantitative estimate of drug-likeness (QED) is 0.652. The highest BCUT2D eigenvalue weighted by atomic mass is 32.2. The van der Waals surface area contributed by atoms with Crippen molar-refractivity contribution in [1.82, 2.24) is 5.32 Å². The zero-order chi connectivity index (χ0) is 14.0. The van der Waals surface area contributed by atoms with Crippen molar-refractivity contribution in [3.63, 3.8) is 0 Å². The molecule has 2 rings (SSSR count). The van der Waals surface area contributed by atoms with Gasteiger partial charge in [0.15, 0.2) is 0 Å². The fraction of sp³-hybridized carbons (Fsp3) is 0.417. The van der Waals surface area contributed by atoms with Crippen LogP contribution >= 0.6 is 11.8 Å². The Morgan fingerprint density at radius 3 is 2.74 bits per heavy atom. The van der Waals surface area contributed by atoms with Crippen LogP contribution in [0.1, 0.15) is 11.1 Å². The van der Waals surface area contributed by atoms with E-state index in [1.807, 2.05) is 13.8 Å². The number of hydrogen-bond acceptors (Lipinski definition) is 5. The van der Waals surface area contributed by atoms with Crippen molar-refractivity contribution in [3.05, 3.63) is 33.4 Å². The molecule has 19 heavy (non-hydrogen) atoms. The summed E-state index contributed by atoms with van der Waals surface area (Å²) in [6.45, 7) is 3.67. The van der Waals surface area contributed by atoms with Crippen LogP contribution in [-0.4, -0.2) is 28.5 Å². The maximum absolute atomic E-state index is 12.0. The summed E-state index contributed by atoms with van der Waals surface area (Å²) < 4.78 is 0. The molecule has 6 nitrogen and oxygen atoms in total. The second-order valence-corrected chi connectivity index (χ2v) is 5.50. The third kappa shape index (κ3) is 3.05. The van der Waals surface area contributed by atoms with Crippen molar-refractivity contribution < 1.29 is 9.72 Å². The Labute approximate surface area is 115 Å². The molecule has 1 heterocycles. The molecule has 1 amide bonds. The van der Waals surface area contributed by atoms with Crippen LogP contribution in [0.5, 0.6) is 0 Å². The van der Waals surface area contributed by atoms with Gasteiger partial charge in [0.1, 0.15) is 5.69 Å². The Balaban J connectivity index is 2.25. The van der Waals surface area contributed by atoms with Gasteiger partial charge in [0.2, 0.25) is 5.91 Å². The van der Waals surface area contributed by atoms with Crippen molar-refractivity contribution in [2.24, 2.45) is 0 Å². The lowest BCUT2D eigenvalue weighted by atomic mass is 10.1. The van der Waals surface area contributed by atoms with Crippen LogP contribution in [0, 0.1) is 24.0 Å². The summed E-state index contributed by atoms with van der Waals surface area (Å²) in [7, 11) is 0. The Bertz CT molecular complexity index is 527. The van der Waals surface area contributed by atoms with E-state index in [1.54, 1.807) is 17.8 Å². The number of carbonyl (C=O) groups excluding carboxylic acids is 1. The first-order valence-corrected chi connectivity index (χ1v) is 7.02. The number of thioether (sulfide) groups is 1. The molecule has 7 heteroatoms. The zero-order valence-corrected chi connectivity index (χ0v) is 11.5. The molecule has 1 aromatic rings. The van der Waals surface area contributed by atoms with E-state index in [0.717, 1.165) is 17.0 Å². The number of aryl methyl sites for hydroxylation is 2. The third-order valence-electron chi connectivity index (χ3n) is 3.10. The number of rotatable bonds is 3. The summed E-state index contributed by atoms with van der Waals surface area (Å²) in [4.78, 5) is 22.5. The van der Waals surface area contributed by atoms with Gasteiger partial charge in [-0.25, -0.2) is 0 Å². The Morgan fingerprint density at radius 1 is 1.47 bits per heavy atom. The molecule has 0 aliphatic carbocycles. The smallest absolute Gasteiger partial charge is 0.293 e. The Kier molecular flexibility index (Phi) is 4.06. The molecule has 1 unspecified atom stereocenters. The predicted molar refractivity (Wildman–Crippen MR) is 75.4 cm³/mol. The minimum atomic E-state index is -0.473. The molecule has 1 aliphatic heterocycles. The fourth-order valence-electron chi connectivity index (χ4n) is 1.84. The molecular weight excluding hydrogens is 266 g/mol. The molecule has 0 radical (unpaired) electrons. The molecule has 2 N–H and O–H groups in total. The van der Waals surface area contributed by atoms with Crippen molar-refractivity contribution in [3.8, 4) is 0 Å². The molecule has 0 saturated carbocycles. The molecule has 1 saturated heterocycles. The molecule has 1 atom stereocenters. The van der Waals surface area contributed by atoms with Crippen LogP contribution < -0.4 is 10.6 Å². The van der Waals surface area contributed by atoms with Crippen molar-refractivity contribution in [2.75, 3.05) is 16.9 Å². The summed E-state index contributed by atoms with van der Waals surface area (Å²) in [5.41, 5.74) is 1.94. The summed E-state index contributed by atoms with van der Waals surface area (Å²) in [5.74, 6) is 1.19. The topological polar surface area (TPSA) is 84.3 Å². The van der Waals surface area contributed by atoms with Crippen molar-refractivity contribution in [1.29, 1.82) is 0 Å². The van der Waals surface area contributed by atoms with Gasteiger partial charge in [-0.15, -0.1) is 11.8 Å². The van der Waals surface area contributed by atoms with Crippen molar-refractivity contribution >= 4 is 29.0 Å². The van der Waals surface area contributed by atoms with Gasteiger partial charge in [0.05, 0.1) is 11.0 Å². The molecule has 0 bridgehead atoms. The molecule has 1 aliphatic rings. The van der Waals surface area contributed by atoms with Crippen LogP contribution in [0.4, 0.5) is 11.4 Å². The third-order valence-corrected chi connectivity index (χ3v) is 4.04. The van der Waals surface area contributed by atoms with E-state index in [-0.39, 0.29) is 23.3 Å². The minimum Gasteiger partial charge on any atom is -0.319 e. The first kappa shape index (κ1) is 13.8. The summed E-state index contributed by atoms with van der Waals surface area (Å²) >= 11 is 1.63. The number of hydrogen-bond donors (Lipinski definition) is 2. The summed E-state index contributed by atoms with van der Waals surface area (Å²) in [6, 6.07) is 2.85. The lowest BCUT2D eigenvalue weighted by molar-refractivity contribution is -0.384. The molecule has 0 spiro atoms. The molecule has 1 fully saturated rings. The first-order valence-electron chi connectivity index (χ1n) is 5.86. The van der Waals surface area contributed by atoms with E-state index in [4.69, 9.17) is 0 Å². The SMILES string of the molecule is Cc1cc(NC(=O)C2CSCN2)c([N+](=O)[O-])cc1C. The van der Waals surface area contributed by atoms with Gasteiger partial charge in [-0.05, 0) is 31.0 Å². The number of nitrogens with one attached hydrogen (secondary N) is 2. The van der Waals surface area contributed by atoms with E-state index >= 15 is 0 Å². The zero-order valence-electron chi connectivity index (χ0n) is 10.7. The average Bonchev–Trinajstić information content (AvgIpc) is 2.86. The summed E-state index contributed by atoms with van der Waals surface area (Å²) in [6.07, 6.45) is 0.